The summed E-state index contributed by atoms with van der Waals surface area (Å²) < 4.78 is 0. The van der Waals surface area contributed by atoms with E-state index in [0.29, 0.717) is 5.92 Å². The molecule has 10 heavy (non-hydrogen) atoms. The summed E-state index contributed by atoms with van der Waals surface area (Å²) in [6.45, 7) is 2.96. The highest BCUT2D eigenvalue weighted by Crippen LogP contribution is 2.01. The lowest BCUT2D eigenvalue weighted by molar-refractivity contribution is 0.228. The maximum Gasteiger partial charge on any atom is 0.176 e. The van der Waals surface area contributed by atoms with Gasteiger partial charge in [-0.2, -0.15) is 5.26 Å². The topological polar surface area (TPSA) is 56.0 Å². The Kier molecular flexibility index (Phi) is 5.89. The van der Waals surface area contributed by atoms with E-state index in [0.717, 1.165) is 19.4 Å². The Morgan fingerprint density at radius 1 is 1.70 bits per heavy atom. The molecule has 0 aromatic heterocycles. The van der Waals surface area contributed by atoms with Gasteiger partial charge in [0.25, 0.3) is 0 Å². The summed E-state index contributed by atoms with van der Waals surface area (Å²) in [5, 5.41) is 19.2. The van der Waals surface area contributed by atoms with Crippen LogP contribution in [0.15, 0.2) is 0 Å². The number of nitrogens with zero attached hydrogens (tertiary/aromatic N) is 1. The van der Waals surface area contributed by atoms with Gasteiger partial charge in [-0.1, -0.05) is 6.92 Å². The first-order valence-electron chi connectivity index (χ1n) is 3.54. The van der Waals surface area contributed by atoms with Gasteiger partial charge in [-0.3, -0.25) is 0 Å². The summed E-state index contributed by atoms with van der Waals surface area (Å²) in [6.07, 6.45) is 3.78. The Bertz CT molecular complexity index is 109. The average molecular weight is 142 g/mol. The van der Waals surface area contributed by atoms with Crippen molar-refractivity contribution >= 4 is 0 Å². The molecule has 0 aliphatic heterocycles. The molecule has 1 unspecified atom stereocenters. The van der Waals surface area contributed by atoms with E-state index in [2.05, 4.69) is 5.32 Å². The minimum absolute atomic E-state index is 0.243. The highest BCUT2D eigenvalue weighted by atomic mass is 16.3. The second-order valence-electron chi connectivity index (χ2n) is 2.47. The highest BCUT2D eigenvalue weighted by Gasteiger charge is 1.97. The third-order valence-electron chi connectivity index (χ3n) is 1.39. The van der Waals surface area contributed by atoms with Gasteiger partial charge >= 0.3 is 0 Å². The largest absolute Gasteiger partial charge is 0.396 e. The number of hydrogen-bond donors (Lipinski definition) is 2. The van der Waals surface area contributed by atoms with Crippen LogP contribution in [0.5, 0.6) is 0 Å². The van der Waals surface area contributed by atoms with Crippen LogP contribution in [0, 0.1) is 17.4 Å². The van der Waals surface area contributed by atoms with Crippen LogP contribution >= 0.6 is 0 Å². The van der Waals surface area contributed by atoms with Crippen molar-refractivity contribution in [3.8, 4) is 6.19 Å². The number of aliphatic hydroxyl groups is 1. The van der Waals surface area contributed by atoms with Crippen molar-refractivity contribution in [3.63, 3.8) is 0 Å². The lowest BCUT2D eigenvalue weighted by Crippen LogP contribution is -2.09. The first kappa shape index (κ1) is 9.25. The van der Waals surface area contributed by atoms with Gasteiger partial charge in [-0.25, -0.2) is 0 Å². The van der Waals surface area contributed by atoms with Crippen LogP contribution < -0.4 is 5.32 Å². The third-order valence-corrected chi connectivity index (χ3v) is 1.39. The molecule has 1 atom stereocenters. The molecule has 0 heterocycles. The van der Waals surface area contributed by atoms with Crippen LogP contribution in [0.1, 0.15) is 19.8 Å². The highest BCUT2D eigenvalue weighted by molar-refractivity contribution is 4.64. The van der Waals surface area contributed by atoms with Crippen LogP contribution in [-0.4, -0.2) is 18.3 Å². The van der Waals surface area contributed by atoms with E-state index in [9.17, 15) is 0 Å². The van der Waals surface area contributed by atoms with Gasteiger partial charge in [-0.05, 0) is 18.8 Å². The van der Waals surface area contributed by atoms with E-state index in [1.807, 2.05) is 13.1 Å². The molecule has 0 spiro atoms. The lowest BCUT2D eigenvalue weighted by atomic mass is 10.1. The van der Waals surface area contributed by atoms with Gasteiger partial charge in [-0.15, -0.1) is 0 Å². The fourth-order valence-corrected chi connectivity index (χ4v) is 0.686. The second kappa shape index (κ2) is 6.37. The maximum absolute atomic E-state index is 8.61. The van der Waals surface area contributed by atoms with Crippen LogP contribution in [0.25, 0.3) is 0 Å². The molecule has 0 fully saturated rings. The van der Waals surface area contributed by atoms with E-state index >= 15 is 0 Å². The van der Waals surface area contributed by atoms with Crippen LogP contribution in [0.3, 0.4) is 0 Å². The second-order valence-corrected chi connectivity index (χ2v) is 2.47. The van der Waals surface area contributed by atoms with Crippen molar-refractivity contribution < 1.29 is 5.11 Å². The van der Waals surface area contributed by atoms with Crippen molar-refractivity contribution in [3.05, 3.63) is 0 Å². The Hall–Kier alpha value is -0.750. The normalized spacial score (nSPS) is 12.1. The number of nitriles is 1. The van der Waals surface area contributed by atoms with E-state index in [1.165, 1.54) is 0 Å². The van der Waals surface area contributed by atoms with Gasteiger partial charge < -0.3 is 10.4 Å². The molecule has 0 saturated carbocycles. The molecule has 0 aliphatic rings. The molecule has 0 aliphatic carbocycles. The molecule has 3 heteroatoms. The maximum atomic E-state index is 8.61. The molecule has 0 aromatic rings. The Morgan fingerprint density at radius 2 is 2.40 bits per heavy atom. The van der Waals surface area contributed by atoms with E-state index in [1.54, 1.807) is 0 Å². The van der Waals surface area contributed by atoms with Crippen LogP contribution in [0.4, 0.5) is 0 Å². The number of hydrogen-bond acceptors (Lipinski definition) is 3. The predicted octanol–water partition coefficient (Wildman–Crippen LogP) is 0.466. The molecule has 0 rings (SSSR count). The van der Waals surface area contributed by atoms with Crippen LogP contribution in [-0.2, 0) is 0 Å². The molecular formula is C7H14N2O. The Labute approximate surface area is 61.7 Å². The molecular weight excluding hydrogens is 128 g/mol. The fourth-order valence-electron chi connectivity index (χ4n) is 0.686. The summed E-state index contributed by atoms with van der Waals surface area (Å²) in [6, 6.07) is 0. The lowest BCUT2D eigenvalue weighted by Gasteiger charge is -2.05. The van der Waals surface area contributed by atoms with Gasteiger partial charge in [0.2, 0.25) is 0 Å². The summed E-state index contributed by atoms with van der Waals surface area (Å²) in [5.41, 5.74) is 0. The minimum Gasteiger partial charge on any atom is -0.396 e. The quantitative estimate of drug-likeness (QED) is 0.333. The van der Waals surface area contributed by atoms with Gasteiger partial charge in [0.1, 0.15) is 0 Å². The molecule has 58 valence electrons. The fraction of sp³-hybridized carbons (Fsp3) is 0.857. The zero-order chi connectivity index (χ0) is 7.82. The average Bonchev–Trinajstić information content (AvgIpc) is 1.98. The zero-order valence-electron chi connectivity index (χ0n) is 6.30. The number of nitrogens with one attached hydrogen (secondary N) is 1. The summed E-state index contributed by atoms with van der Waals surface area (Å²) in [7, 11) is 0. The van der Waals surface area contributed by atoms with Crippen molar-refractivity contribution in [2.75, 3.05) is 13.2 Å². The monoisotopic (exact) mass is 142 g/mol. The van der Waals surface area contributed by atoms with Crippen molar-refractivity contribution in [2.24, 2.45) is 5.92 Å². The Balaban J connectivity index is 2.98. The first-order valence-corrected chi connectivity index (χ1v) is 3.54. The molecule has 0 amide bonds. The SMILES string of the molecule is CC(CO)CCCNC#N. The van der Waals surface area contributed by atoms with Crippen molar-refractivity contribution in [2.45, 2.75) is 19.8 Å². The third kappa shape index (κ3) is 5.39. The number of rotatable bonds is 5. The van der Waals surface area contributed by atoms with Crippen molar-refractivity contribution in [1.82, 2.24) is 5.32 Å². The molecule has 0 aromatic carbocycles. The number of aliphatic hydroxyl groups excluding tert-OH is 1. The van der Waals surface area contributed by atoms with Crippen molar-refractivity contribution in [1.29, 1.82) is 5.26 Å². The summed E-state index contributed by atoms with van der Waals surface area (Å²) in [4.78, 5) is 0. The summed E-state index contributed by atoms with van der Waals surface area (Å²) in [5.74, 6) is 0.362. The first-order chi connectivity index (χ1) is 4.81. The smallest absolute Gasteiger partial charge is 0.176 e. The Morgan fingerprint density at radius 3 is 2.90 bits per heavy atom. The summed E-state index contributed by atoms with van der Waals surface area (Å²) >= 11 is 0. The van der Waals surface area contributed by atoms with E-state index in [-0.39, 0.29) is 6.61 Å². The van der Waals surface area contributed by atoms with Gasteiger partial charge in [0.15, 0.2) is 6.19 Å². The van der Waals surface area contributed by atoms with Crippen LogP contribution in [0.2, 0.25) is 0 Å². The molecule has 0 saturated heterocycles. The molecule has 3 nitrogen and oxygen atoms in total. The van der Waals surface area contributed by atoms with Gasteiger partial charge in [0, 0.05) is 13.2 Å². The molecule has 0 radical (unpaired) electrons. The van der Waals surface area contributed by atoms with Gasteiger partial charge in [0.05, 0.1) is 0 Å². The predicted molar refractivity (Wildman–Crippen MR) is 39.1 cm³/mol. The zero-order valence-corrected chi connectivity index (χ0v) is 6.30. The molecule has 2 N–H and O–H groups in total. The van der Waals surface area contributed by atoms with E-state index in [4.69, 9.17) is 10.4 Å². The molecule has 0 bridgehead atoms. The standard InChI is InChI=1S/C7H14N2O/c1-7(5-10)3-2-4-9-6-8/h7,9-10H,2-5H2,1H3. The minimum atomic E-state index is 0.243. The van der Waals surface area contributed by atoms with E-state index < -0.39 is 0 Å².